The summed E-state index contributed by atoms with van der Waals surface area (Å²) < 4.78 is 22.4. The van der Waals surface area contributed by atoms with E-state index in [1.165, 1.54) is 25.5 Å². The van der Waals surface area contributed by atoms with Crippen LogP contribution in [0.1, 0.15) is 33.1 Å². The molecule has 2 atom stereocenters. The largest absolute Gasteiger partial charge is 0.312 e. The Balaban J connectivity index is 2.41. The second-order valence-corrected chi connectivity index (χ2v) is 9.07. The molecule has 0 saturated heterocycles. The first-order chi connectivity index (χ1) is 7.26. The summed E-state index contributed by atoms with van der Waals surface area (Å²) in [5.41, 5.74) is 0. The SMILES string of the molecule is CSC1CCC(NCC(C)(C)S(C)(=O)=O)C1. The van der Waals surface area contributed by atoms with Crippen molar-refractivity contribution in [2.24, 2.45) is 0 Å². The van der Waals surface area contributed by atoms with Gasteiger partial charge in [-0.05, 0) is 39.4 Å². The first-order valence-corrected chi connectivity index (χ1v) is 8.90. The van der Waals surface area contributed by atoms with E-state index in [9.17, 15) is 8.42 Å². The molecule has 16 heavy (non-hydrogen) atoms. The minimum atomic E-state index is -2.98. The first-order valence-electron chi connectivity index (χ1n) is 5.72. The van der Waals surface area contributed by atoms with Crippen LogP contribution < -0.4 is 5.32 Å². The summed E-state index contributed by atoms with van der Waals surface area (Å²) in [4.78, 5) is 0. The van der Waals surface area contributed by atoms with Crippen LogP contribution in [0.3, 0.4) is 0 Å². The molecule has 0 aromatic rings. The lowest BCUT2D eigenvalue weighted by Crippen LogP contribution is -2.44. The van der Waals surface area contributed by atoms with Crippen LogP contribution >= 0.6 is 11.8 Å². The topological polar surface area (TPSA) is 46.2 Å². The Bertz CT molecular complexity index is 325. The normalized spacial score (nSPS) is 27.2. The lowest BCUT2D eigenvalue weighted by Gasteiger charge is -2.25. The van der Waals surface area contributed by atoms with Gasteiger partial charge in [-0.15, -0.1) is 0 Å². The van der Waals surface area contributed by atoms with Crippen LogP contribution in [0.25, 0.3) is 0 Å². The van der Waals surface area contributed by atoms with Gasteiger partial charge < -0.3 is 5.32 Å². The van der Waals surface area contributed by atoms with Crippen LogP contribution in [0, 0.1) is 0 Å². The molecule has 1 aliphatic rings. The lowest BCUT2D eigenvalue weighted by atomic mass is 10.2. The Morgan fingerprint density at radius 1 is 1.38 bits per heavy atom. The molecule has 1 fully saturated rings. The predicted molar refractivity (Wildman–Crippen MR) is 71.9 cm³/mol. The van der Waals surface area contributed by atoms with Gasteiger partial charge >= 0.3 is 0 Å². The van der Waals surface area contributed by atoms with E-state index in [0.717, 1.165) is 5.25 Å². The molecule has 0 spiro atoms. The molecule has 0 aliphatic heterocycles. The van der Waals surface area contributed by atoms with Crippen molar-refractivity contribution in [3.8, 4) is 0 Å². The van der Waals surface area contributed by atoms with Gasteiger partial charge in [0.15, 0.2) is 9.84 Å². The summed E-state index contributed by atoms with van der Waals surface area (Å²) in [6, 6.07) is 0.499. The molecule has 0 bridgehead atoms. The number of sulfone groups is 1. The Labute approximate surface area is 104 Å². The minimum absolute atomic E-state index is 0.499. The summed E-state index contributed by atoms with van der Waals surface area (Å²) in [5, 5.41) is 4.15. The minimum Gasteiger partial charge on any atom is -0.312 e. The maximum atomic E-state index is 11.5. The van der Waals surface area contributed by atoms with Crippen molar-refractivity contribution in [3.05, 3.63) is 0 Å². The van der Waals surface area contributed by atoms with Crippen LogP contribution in [0.4, 0.5) is 0 Å². The maximum Gasteiger partial charge on any atom is 0.153 e. The van der Waals surface area contributed by atoms with Crippen molar-refractivity contribution in [2.75, 3.05) is 19.1 Å². The van der Waals surface area contributed by atoms with Gasteiger partial charge in [-0.1, -0.05) is 0 Å². The summed E-state index contributed by atoms with van der Waals surface area (Å²) in [6.07, 6.45) is 7.05. The average Bonchev–Trinajstić information content (AvgIpc) is 2.60. The van der Waals surface area contributed by atoms with E-state index in [1.54, 1.807) is 13.8 Å². The van der Waals surface area contributed by atoms with Crippen molar-refractivity contribution in [1.29, 1.82) is 0 Å². The third kappa shape index (κ3) is 3.64. The standard InChI is InChI=1S/C11H23NO2S2/c1-11(2,16(4,13)14)8-12-9-5-6-10(7-9)15-3/h9-10,12H,5-8H2,1-4H3. The van der Waals surface area contributed by atoms with E-state index in [0.29, 0.717) is 12.6 Å². The van der Waals surface area contributed by atoms with Gasteiger partial charge in [-0.25, -0.2) is 8.42 Å². The maximum absolute atomic E-state index is 11.5. The molecule has 5 heteroatoms. The fourth-order valence-corrected chi connectivity index (χ4v) is 3.00. The molecule has 1 rings (SSSR count). The van der Waals surface area contributed by atoms with Gasteiger partial charge in [0, 0.05) is 24.1 Å². The van der Waals surface area contributed by atoms with Crippen molar-refractivity contribution in [2.45, 2.75) is 49.1 Å². The van der Waals surface area contributed by atoms with Gasteiger partial charge in [0.05, 0.1) is 4.75 Å². The highest BCUT2D eigenvalue weighted by molar-refractivity contribution is 7.99. The fourth-order valence-electron chi connectivity index (χ4n) is 1.86. The number of thioether (sulfide) groups is 1. The third-order valence-corrected chi connectivity index (χ3v) is 6.78. The molecule has 0 amide bonds. The van der Waals surface area contributed by atoms with E-state index in [4.69, 9.17) is 0 Å². The highest BCUT2D eigenvalue weighted by Gasteiger charge is 2.32. The fraction of sp³-hybridized carbons (Fsp3) is 1.00. The van der Waals surface area contributed by atoms with Gasteiger partial charge in [-0.2, -0.15) is 11.8 Å². The zero-order valence-electron chi connectivity index (χ0n) is 10.6. The van der Waals surface area contributed by atoms with Crippen molar-refractivity contribution >= 4 is 21.6 Å². The lowest BCUT2D eigenvalue weighted by molar-refractivity contribution is 0.468. The smallest absolute Gasteiger partial charge is 0.153 e. The number of rotatable bonds is 5. The Hall–Kier alpha value is 0.260. The van der Waals surface area contributed by atoms with E-state index < -0.39 is 14.6 Å². The van der Waals surface area contributed by atoms with Crippen LogP contribution in [0.15, 0.2) is 0 Å². The monoisotopic (exact) mass is 265 g/mol. The van der Waals surface area contributed by atoms with Gasteiger partial charge in [0.1, 0.15) is 0 Å². The van der Waals surface area contributed by atoms with Crippen molar-refractivity contribution < 1.29 is 8.42 Å². The number of hydrogen-bond donors (Lipinski definition) is 1. The molecule has 3 nitrogen and oxygen atoms in total. The second-order valence-electron chi connectivity index (χ2n) is 5.28. The Morgan fingerprint density at radius 3 is 2.44 bits per heavy atom. The summed E-state index contributed by atoms with van der Waals surface area (Å²) in [6.45, 7) is 4.13. The number of nitrogens with one attached hydrogen (secondary N) is 1. The summed E-state index contributed by atoms with van der Waals surface area (Å²) in [5.74, 6) is 0. The molecule has 1 saturated carbocycles. The van der Waals surface area contributed by atoms with Crippen molar-refractivity contribution in [1.82, 2.24) is 5.32 Å². The van der Waals surface area contributed by atoms with Crippen LogP contribution in [-0.4, -0.2) is 43.5 Å². The molecular formula is C11H23NO2S2. The first kappa shape index (κ1) is 14.3. The van der Waals surface area contributed by atoms with Crippen LogP contribution in [0.5, 0.6) is 0 Å². The molecule has 0 heterocycles. The molecular weight excluding hydrogens is 242 g/mol. The third-order valence-electron chi connectivity index (χ3n) is 3.54. The number of hydrogen-bond acceptors (Lipinski definition) is 4. The van der Waals surface area contributed by atoms with Crippen LogP contribution in [-0.2, 0) is 9.84 Å². The molecule has 0 aromatic carbocycles. The molecule has 96 valence electrons. The predicted octanol–water partition coefficient (Wildman–Crippen LogP) is 1.68. The second kappa shape index (κ2) is 5.27. The van der Waals surface area contributed by atoms with E-state index in [2.05, 4.69) is 11.6 Å². The van der Waals surface area contributed by atoms with Crippen molar-refractivity contribution in [3.63, 3.8) is 0 Å². The van der Waals surface area contributed by atoms with E-state index >= 15 is 0 Å². The average molecular weight is 265 g/mol. The quantitative estimate of drug-likeness (QED) is 0.821. The van der Waals surface area contributed by atoms with Crippen LogP contribution in [0.2, 0.25) is 0 Å². The molecule has 1 aliphatic carbocycles. The van der Waals surface area contributed by atoms with E-state index in [1.807, 2.05) is 11.8 Å². The van der Waals surface area contributed by atoms with Gasteiger partial charge in [-0.3, -0.25) is 0 Å². The van der Waals surface area contributed by atoms with Gasteiger partial charge in [0.2, 0.25) is 0 Å². The summed E-state index contributed by atoms with van der Waals surface area (Å²) >= 11 is 1.92. The molecule has 0 aromatic heterocycles. The summed E-state index contributed by atoms with van der Waals surface area (Å²) in [7, 11) is -2.98. The Morgan fingerprint density at radius 2 is 2.00 bits per heavy atom. The zero-order chi connectivity index (χ0) is 12.4. The highest BCUT2D eigenvalue weighted by atomic mass is 32.2. The highest BCUT2D eigenvalue weighted by Crippen LogP contribution is 2.28. The van der Waals surface area contributed by atoms with Gasteiger partial charge in [0.25, 0.3) is 0 Å². The Kier molecular flexibility index (Phi) is 4.72. The molecule has 0 radical (unpaired) electrons. The molecule has 1 N–H and O–H groups in total. The zero-order valence-corrected chi connectivity index (χ0v) is 12.2. The van der Waals surface area contributed by atoms with E-state index in [-0.39, 0.29) is 0 Å². The molecule has 2 unspecified atom stereocenters.